The Morgan fingerprint density at radius 1 is 1.00 bits per heavy atom. The summed E-state index contributed by atoms with van der Waals surface area (Å²) in [7, 11) is -15.2. The summed E-state index contributed by atoms with van der Waals surface area (Å²) in [6, 6.07) is -0.611. The van der Waals surface area contributed by atoms with Gasteiger partial charge in [0.2, 0.25) is 0 Å². The van der Waals surface area contributed by atoms with Gasteiger partial charge in [-0.05, 0) is 38.4 Å². The second-order valence-electron chi connectivity index (χ2n) is 5.41. The van der Waals surface area contributed by atoms with E-state index in [9.17, 15) is 18.6 Å². The van der Waals surface area contributed by atoms with Crippen molar-refractivity contribution in [1.82, 2.24) is 0 Å². The molecule has 21 nitrogen and oxygen atoms in total. The van der Waals surface area contributed by atoms with Gasteiger partial charge in [0.1, 0.15) is 14.0 Å². The number of nitrogens with zero attached hydrogens (tertiary/aromatic N) is 9. The standard InChI is InChI=1S/C6H13BN9O12P3/c7-5-1-3(26-6(11-14-8,12-15-9)13-16-10)4(25-5)2-24-30(20,21)28-31(22,23)27-29(17,18)19/h3-5H,1-2,7H2,(H,20,21)(H,22,23)(H2,17,18,19)/t3-,4-,5-/m1/s1. The highest BCUT2D eigenvalue weighted by Crippen LogP contribution is 2.66. The molecular formula is C6H13BN9O12P3. The Kier molecular flexibility index (Phi) is 9.50. The molecule has 0 saturated carbocycles. The zero-order valence-electron chi connectivity index (χ0n) is 15.1. The van der Waals surface area contributed by atoms with Crippen LogP contribution >= 0.6 is 23.5 Å². The fourth-order valence-corrected chi connectivity index (χ4v) is 5.20. The van der Waals surface area contributed by atoms with E-state index in [2.05, 4.69) is 43.2 Å². The first-order chi connectivity index (χ1) is 14.2. The number of phosphoric ester groups is 1. The first-order valence-electron chi connectivity index (χ1n) is 7.47. The van der Waals surface area contributed by atoms with E-state index < -0.39 is 54.3 Å². The van der Waals surface area contributed by atoms with Crippen LogP contribution in [0.15, 0.2) is 15.3 Å². The monoisotopic (exact) mass is 507 g/mol. The Hall–Kier alpha value is -1.68. The van der Waals surface area contributed by atoms with Crippen LogP contribution < -0.4 is 0 Å². The van der Waals surface area contributed by atoms with Gasteiger partial charge < -0.3 is 29.0 Å². The number of hydrogen-bond acceptors (Lipinski definition) is 11. The topological polar surface area (TPSA) is 325 Å². The molecule has 1 aliphatic heterocycles. The molecule has 5 atom stereocenters. The second kappa shape index (κ2) is 10.8. The van der Waals surface area contributed by atoms with Crippen LogP contribution in [0.1, 0.15) is 6.42 Å². The molecular weight excluding hydrogens is 494 g/mol. The number of ether oxygens (including phenoxy) is 2. The first-order valence-corrected chi connectivity index (χ1v) is 12.0. The molecule has 0 aliphatic carbocycles. The predicted octanol–water partition coefficient (Wildman–Crippen LogP) is 1.01. The highest BCUT2D eigenvalue weighted by atomic mass is 31.3. The number of azide groups is 1. The third-order valence-corrected chi connectivity index (χ3v) is 6.84. The van der Waals surface area contributed by atoms with E-state index in [0.29, 0.717) is 0 Å². The summed E-state index contributed by atoms with van der Waals surface area (Å²) < 4.78 is 55.9. The van der Waals surface area contributed by atoms with Crippen molar-refractivity contribution in [1.29, 1.82) is 0 Å². The maximum atomic E-state index is 11.8. The molecule has 0 aromatic carbocycles. The van der Waals surface area contributed by atoms with Crippen molar-refractivity contribution in [2.75, 3.05) is 6.61 Å². The van der Waals surface area contributed by atoms with Crippen LogP contribution in [0.2, 0.25) is 0 Å². The van der Waals surface area contributed by atoms with Crippen molar-refractivity contribution in [3.8, 4) is 0 Å². The van der Waals surface area contributed by atoms with Gasteiger partial charge in [0.05, 0.1) is 12.7 Å². The maximum absolute atomic E-state index is 11.8. The van der Waals surface area contributed by atoms with Gasteiger partial charge >= 0.3 is 29.4 Å². The summed E-state index contributed by atoms with van der Waals surface area (Å²) in [4.78, 5) is 42.6. The van der Waals surface area contributed by atoms with Gasteiger partial charge in [-0.2, -0.15) is 8.62 Å². The van der Waals surface area contributed by atoms with Gasteiger partial charge in [-0.3, -0.25) is 4.52 Å². The Labute approximate surface area is 172 Å². The molecule has 0 aromatic heterocycles. The molecule has 0 radical (unpaired) electrons. The minimum absolute atomic E-state index is 0.0188. The van der Waals surface area contributed by atoms with E-state index >= 15 is 0 Å². The van der Waals surface area contributed by atoms with E-state index in [4.69, 9.17) is 40.7 Å². The third-order valence-electron chi connectivity index (χ3n) is 3.04. The quantitative estimate of drug-likeness (QED) is 0.0945. The van der Waals surface area contributed by atoms with E-state index in [1.54, 1.807) is 0 Å². The lowest BCUT2D eigenvalue weighted by molar-refractivity contribution is -0.114. The Bertz CT molecular complexity index is 910. The number of hydrogen-bond donors (Lipinski definition) is 4. The molecule has 0 amide bonds. The fraction of sp³-hybridized carbons (Fsp3) is 1.00. The van der Waals surface area contributed by atoms with E-state index in [1.165, 1.54) is 7.85 Å². The van der Waals surface area contributed by atoms with Crippen molar-refractivity contribution in [2.45, 2.75) is 30.6 Å². The van der Waals surface area contributed by atoms with E-state index in [1.807, 2.05) is 0 Å². The molecule has 1 fully saturated rings. The molecule has 1 rings (SSSR count). The molecule has 31 heavy (non-hydrogen) atoms. The minimum atomic E-state index is -5.72. The fourth-order valence-electron chi connectivity index (χ4n) is 2.17. The van der Waals surface area contributed by atoms with Crippen molar-refractivity contribution in [3.05, 3.63) is 31.3 Å². The third kappa shape index (κ3) is 9.55. The van der Waals surface area contributed by atoms with Gasteiger partial charge in [0, 0.05) is 20.7 Å². The molecule has 172 valence electrons. The maximum Gasteiger partial charge on any atom is 0.490 e. The number of phosphoric acid groups is 3. The number of rotatable bonds is 12. The molecule has 0 aromatic rings. The lowest BCUT2D eigenvalue weighted by Gasteiger charge is -2.26. The van der Waals surface area contributed by atoms with Gasteiger partial charge in [0.25, 0.3) is 0 Å². The highest BCUT2D eigenvalue weighted by Gasteiger charge is 2.44. The molecule has 1 aliphatic rings. The van der Waals surface area contributed by atoms with Crippen LogP contribution in [0.5, 0.6) is 0 Å². The lowest BCUT2D eigenvalue weighted by Crippen LogP contribution is -2.37. The van der Waals surface area contributed by atoms with Gasteiger partial charge in [0.15, 0.2) is 0 Å². The van der Waals surface area contributed by atoms with Crippen LogP contribution in [0, 0.1) is 0 Å². The van der Waals surface area contributed by atoms with Crippen LogP contribution in [0.4, 0.5) is 0 Å². The van der Waals surface area contributed by atoms with Crippen molar-refractivity contribution in [2.24, 2.45) is 15.3 Å². The van der Waals surface area contributed by atoms with Crippen LogP contribution in [-0.4, -0.2) is 58.2 Å². The summed E-state index contributed by atoms with van der Waals surface area (Å²) in [5.74, 6) is -2.73. The van der Waals surface area contributed by atoms with E-state index in [-0.39, 0.29) is 6.42 Å². The Morgan fingerprint density at radius 3 is 1.97 bits per heavy atom. The smallest absolute Gasteiger partial charge is 0.379 e. The molecule has 0 bridgehead atoms. The molecule has 1 heterocycles. The van der Waals surface area contributed by atoms with Crippen LogP contribution in [0.3, 0.4) is 0 Å². The first kappa shape index (κ1) is 27.4. The van der Waals surface area contributed by atoms with Crippen LogP contribution in [0.25, 0.3) is 31.3 Å². The largest absolute Gasteiger partial charge is 0.490 e. The average molecular weight is 507 g/mol. The highest BCUT2D eigenvalue weighted by molar-refractivity contribution is 7.66. The normalized spacial score (nSPS) is 26.8. The van der Waals surface area contributed by atoms with Gasteiger partial charge in [-0.1, -0.05) is 0 Å². The second-order valence-corrected chi connectivity index (χ2v) is 9.83. The minimum Gasteiger partial charge on any atom is -0.379 e. The Balaban J connectivity index is 2.96. The molecule has 1 saturated heterocycles. The van der Waals surface area contributed by atoms with Crippen molar-refractivity contribution in [3.63, 3.8) is 0 Å². The van der Waals surface area contributed by atoms with Crippen molar-refractivity contribution < 1.29 is 55.9 Å². The zero-order valence-corrected chi connectivity index (χ0v) is 17.8. The Morgan fingerprint density at radius 2 is 1.52 bits per heavy atom. The predicted molar refractivity (Wildman–Crippen MR) is 96.7 cm³/mol. The van der Waals surface area contributed by atoms with Crippen LogP contribution in [-0.2, 0) is 36.3 Å². The molecule has 2 unspecified atom stereocenters. The van der Waals surface area contributed by atoms with Gasteiger partial charge in [-0.15, -0.1) is 0 Å². The summed E-state index contributed by atoms with van der Waals surface area (Å²) in [6.45, 7) is -0.905. The van der Waals surface area contributed by atoms with Gasteiger partial charge in [-0.25, -0.2) is 13.7 Å². The lowest BCUT2D eigenvalue weighted by atomic mass is 9.96. The summed E-state index contributed by atoms with van der Waals surface area (Å²) in [5.41, 5.74) is 25.8. The summed E-state index contributed by atoms with van der Waals surface area (Å²) >= 11 is 0. The zero-order chi connectivity index (χ0) is 23.9. The molecule has 0 spiro atoms. The molecule has 25 heteroatoms. The summed E-state index contributed by atoms with van der Waals surface area (Å²) in [5, 5.41) is 8.94. The summed E-state index contributed by atoms with van der Waals surface area (Å²) in [6.07, 6.45) is -2.55. The van der Waals surface area contributed by atoms with Crippen molar-refractivity contribution >= 4 is 31.3 Å². The SMILES string of the molecule is B[C@H]1C[C@@H](OC(N=[N+]=[N-])(N=[N+]=[N-])N=[N+]=[N-])[C@@H](COP(=O)(O)OP(=O)(O)OP(=O)(O)O)O1. The average Bonchev–Trinajstić information content (AvgIpc) is 2.89. The molecule has 4 N–H and O–H groups in total. The van der Waals surface area contributed by atoms with E-state index in [0.717, 1.165) is 0 Å².